The fraction of sp³-hybridized carbons (Fsp3) is 0.714. The molecule has 0 aromatic carbocycles. The smallest absolute Gasteiger partial charge is 0.204 e. The summed E-state index contributed by atoms with van der Waals surface area (Å²) in [5, 5.41) is 3.29. The van der Waals surface area contributed by atoms with Crippen LogP contribution in [-0.2, 0) is 4.74 Å². The van der Waals surface area contributed by atoms with Crippen LogP contribution in [0.2, 0.25) is 0 Å². The minimum Gasteiger partial charge on any atom is -0.490 e. The molecule has 0 amide bonds. The molecule has 1 N–H and O–H groups in total. The second-order valence-corrected chi connectivity index (χ2v) is 4.92. The molecule has 1 saturated carbocycles. The standard InChI is InChI=1S/C14H24N4O2/c1-4-7-15-13-12(20-3)14(17-10-16-13)18(8-9-19-2)11-5-6-11/h10-11H,4-9H2,1-3H3,(H,15,16,17). The molecule has 112 valence electrons. The zero-order valence-electron chi connectivity index (χ0n) is 12.6. The van der Waals surface area contributed by atoms with Gasteiger partial charge in [0.25, 0.3) is 0 Å². The molecule has 6 heteroatoms. The summed E-state index contributed by atoms with van der Waals surface area (Å²) in [5.74, 6) is 2.35. The number of methoxy groups -OCH3 is 2. The molecule has 1 aliphatic rings. The molecule has 1 heterocycles. The van der Waals surface area contributed by atoms with E-state index in [9.17, 15) is 0 Å². The molecule has 0 spiro atoms. The molecule has 2 rings (SSSR count). The van der Waals surface area contributed by atoms with Crippen molar-refractivity contribution in [1.82, 2.24) is 9.97 Å². The summed E-state index contributed by atoms with van der Waals surface area (Å²) in [5.41, 5.74) is 0. The van der Waals surface area contributed by atoms with Gasteiger partial charge in [-0.3, -0.25) is 0 Å². The third-order valence-electron chi connectivity index (χ3n) is 3.33. The summed E-state index contributed by atoms with van der Waals surface area (Å²) < 4.78 is 10.7. The van der Waals surface area contributed by atoms with Crippen LogP contribution < -0.4 is 15.0 Å². The van der Waals surface area contributed by atoms with Gasteiger partial charge in [0.2, 0.25) is 5.75 Å². The molecular weight excluding hydrogens is 256 g/mol. The highest BCUT2D eigenvalue weighted by molar-refractivity contribution is 5.65. The molecule has 1 fully saturated rings. The number of rotatable bonds is 9. The van der Waals surface area contributed by atoms with Crippen LogP contribution in [0.5, 0.6) is 5.75 Å². The highest BCUT2D eigenvalue weighted by Gasteiger charge is 2.32. The maximum Gasteiger partial charge on any atom is 0.204 e. The molecule has 0 aliphatic heterocycles. The first-order chi connectivity index (χ1) is 9.81. The Labute approximate surface area is 120 Å². The van der Waals surface area contributed by atoms with Crippen LogP contribution in [0.1, 0.15) is 26.2 Å². The molecule has 6 nitrogen and oxygen atoms in total. The van der Waals surface area contributed by atoms with Gasteiger partial charge in [-0.1, -0.05) is 6.92 Å². The van der Waals surface area contributed by atoms with Crippen molar-refractivity contribution in [2.45, 2.75) is 32.2 Å². The van der Waals surface area contributed by atoms with Gasteiger partial charge in [-0.05, 0) is 19.3 Å². The van der Waals surface area contributed by atoms with Crippen molar-refractivity contribution in [3.8, 4) is 5.75 Å². The van der Waals surface area contributed by atoms with Crippen LogP contribution in [0.3, 0.4) is 0 Å². The Morgan fingerprint density at radius 3 is 2.75 bits per heavy atom. The first-order valence-electron chi connectivity index (χ1n) is 7.20. The Kier molecular flexibility index (Phi) is 5.40. The van der Waals surface area contributed by atoms with Gasteiger partial charge >= 0.3 is 0 Å². The van der Waals surface area contributed by atoms with E-state index in [1.165, 1.54) is 12.8 Å². The number of aromatic nitrogens is 2. The molecule has 0 bridgehead atoms. The predicted molar refractivity (Wildman–Crippen MR) is 79.6 cm³/mol. The van der Waals surface area contributed by atoms with Crippen LogP contribution in [0.15, 0.2) is 6.33 Å². The third-order valence-corrected chi connectivity index (χ3v) is 3.33. The van der Waals surface area contributed by atoms with Crippen LogP contribution >= 0.6 is 0 Å². The van der Waals surface area contributed by atoms with Crippen molar-refractivity contribution in [2.24, 2.45) is 0 Å². The summed E-state index contributed by atoms with van der Waals surface area (Å²) in [7, 11) is 3.39. The maximum atomic E-state index is 5.54. The number of hydrogen-bond donors (Lipinski definition) is 1. The minimum absolute atomic E-state index is 0.549. The molecule has 20 heavy (non-hydrogen) atoms. The minimum atomic E-state index is 0.549. The Morgan fingerprint density at radius 2 is 2.15 bits per heavy atom. The molecule has 0 atom stereocenters. The second kappa shape index (κ2) is 7.28. The second-order valence-electron chi connectivity index (χ2n) is 4.92. The average molecular weight is 280 g/mol. The first-order valence-corrected chi connectivity index (χ1v) is 7.20. The molecule has 1 aromatic heterocycles. The SMILES string of the molecule is CCCNc1ncnc(N(CCOC)C2CC2)c1OC. The van der Waals surface area contributed by atoms with Gasteiger partial charge < -0.3 is 19.7 Å². The largest absolute Gasteiger partial charge is 0.490 e. The molecule has 0 saturated heterocycles. The van der Waals surface area contributed by atoms with E-state index >= 15 is 0 Å². The van der Waals surface area contributed by atoms with Gasteiger partial charge in [0.15, 0.2) is 11.6 Å². The molecular formula is C14H24N4O2. The summed E-state index contributed by atoms with van der Waals surface area (Å²) in [6.07, 6.45) is 5.04. The zero-order chi connectivity index (χ0) is 14.4. The van der Waals surface area contributed by atoms with Gasteiger partial charge in [-0.15, -0.1) is 0 Å². The Morgan fingerprint density at radius 1 is 1.35 bits per heavy atom. The zero-order valence-corrected chi connectivity index (χ0v) is 12.6. The van der Waals surface area contributed by atoms with Crippen LogP contribution in [0.4, 0.5) is 11.6 Å². The van der Waals surface area contributed by atoms with Crippen LogP contribution in [-0.4, -0.2) is 49.9 Å². The van der Waals surface area contributed by atoms with Crippen molar-refractivity contribution >= 4 is 11.6 Å². The summed E-state index contributed by atoms with van der Waals surface area (Å²) in [4.78, 5) is 11.0. The topological polar surface area (TPSA) is 59.5 Å². The molecule has 1 aromatic rings. The maximum absolute atomic E-state index is 5.54. The number of nitrogens with one attached hydrogen (secondary N) is 1. The van der Waals surface area contributed by atoms with E-state index in [0.717, 1.165) is 36.9 Å². The van der Waals surface area contributed by atoms with E-state index < -0.39 is 0 Å². The molecule has 0 unspecified atom stereocenters. The van der Waals surface area contributed by atoms with E-state index in [1.54, 1.807) is 20.5 Å². The lowest BCUT2D eigenvalue weighted by atomic mass is 10.3. The lowest BCUT2D eigenvalue weighted by Gasteiger charge is -2.25. The van der Waals surface area contributed by atoms with E-state index in [1.807, 2.05) is 0 Å². The highest BCUT2D eigenvalue weighted by atomic mass is 16.5. The van der Waals surface area contributed by atoms with E-state index in [2.05, 4.69) is 27.1 Å². The lowest BCUT2D eigenvalue weighted by molar-refractivity contribution is 0.204. The van der Waals surface area contributed by atoms with Gasteiger partial charge in [0.05, 0.1) is 13.7 Å². The summed E-state index contributed by atoms with van der Waals surface area (Å²) in [6.45, 7) is 4.49. The van der Waals surface area contributed by atoms with E-state index in [0.29, 0.717) is 12.6 Å². The van der Waals surface area contributed by atoms with Crippen LogP contribution in [0, 0.1) is 0 Å². The van der Waals surface area contributed by atoms with Gasteiger partial charge in [-0.2, -0.15) is 0 Å². The summed E-state index contributed by atoms with van der Waals surface area (Å²) in [6, 6.07) is 0.549. The Balaban J connectivity index is 2.23. The van der Waals surface area contributed by atoms with Crippen molar-refractivity contribution in [2.75, 3.05) is 44.1 Å². The van der Waals surface area contributed by atoms with Crippen molar-refractivity contribution in [3.05, 3.63) is 6.33 Å². The average Bonchev–Trinajstić information content (AvgIpc) is 3.30. The Hall–Kier alpha value is -1.56. The molecule has 0 radical (unpaired) electrons. The van der Waals surface area contributed by atoms with E-state index in [-0.39, 0.29) is 0 Å². The van der Waals surface area contributed by atoms with Crippen molar-refractivity contribution in [1.29, 1.82) is 0 Å². The first kappa shape index (κ1) is 14.8. The van der Waals surface area contributed by atoms with E-state index in [4.69, 9.17) is 9.47 Å². The van der Waals surface area contributed by atoms with Crippen molar-refractivity contribution in [3.63, 3.8) is 0 Å². The monoisotopic (exact) mass is 280 g/mol. The summed E-state index contributed by atoms with van der Waals surface area (Å²) >= 11 is 0. The van der Waals surface area contributed by atoms with Gasteiger partial charge in [0, 0.05) is 26.2 Å². The number of anilines is 2. The predicted octanol–water partition coefficient (Wildman–Crippen LogP) is 1.92. The van der Waals surface area contributed by atoms with Crippen LogP contribution in [0.25, 0.3) is 0 Å². The number of hydrogen-bond acceptors (Lipinski definition) is 6. The highest BCUT2D eigenvalue weighted by Crippen LogP contribution is 2.38. The van der Waals surface area contributed by atoms with Gasteiger partial charge in [0.1, 0.15) is 6.33 Å². The number of nitrogens with zero attached hydrogens (tertiary/aromatic N) is 3. The quantitative estimate of drug-likeness (QED) is 0.746. The number of ether oxygens (including phenoxy) is 2. The fourth-order valence-corrected chi connectivity index (χ4v) is 2.16. The molecule has 1 aliphatic carbocycles. The fourth-order valence-electron chi connectivity index (χ4n) is 2.16. The van der Waals surface area contributed by atoms with Gasteiger partial charge in [-0.25, -0.2) is 9.97 Å². The van der Waals surface area contributed by atoms with Crippen molar-refractivity contribution < 1.29 is 9.47 Å². The normalized spacial score (nSPS) is 14.2. The third kappa shape index (κ3) is 3.50. The Bertz CT molecular complexity index is 424. The lowest BCUT2D eigenvalue weighted by Crippen LogP contribution is -2.31.